The highest BCUT2D eigenvalue weighted by atomic mass is 16.5. The Morgan fingerprint density at radius 3 is 2.57 bits per heavy atom. The predicted octanol–water partition coefficient (Wildman–Crippen LogP) is 1.67. The van der Waals surface area contributed by atoms with Crippen molar-refractivity contribution in [2.24, 2.45) is 0 Å². The Balaban J connectivity index is 3.10. The van der Waals surface area contributed by atoms with E-state index < -0.39 is 0 Å². The third-order valence-electron chi connectivity index (χ3n) is 1.72. The molecule has 14 heavy (non-hydrogen) atoms. The molecular formula is C10H18O4. The van der Waals surface area contributed by atoms with Crippen LogP contribution in [0.15, 0.2) is 0 Å². The zero-order valence-corrected chi connectivity index (χ0v) is 8.66. The standard InChI is InChI=1S/C10H18O4/c1-2-3-6-10(12)14-8-5-4-7-13-9-11/h9H,2-8H2,1H3. The van der Waals surface area contributed by atoms with Crippen LogP contribution >= 0.6 is 0 Å². The summed E-state index contributed by atoms with van der Waals surface area (Å²) in [5.41, 5.74) is 0. The molecule has 0 aliphatic rings. The lowest BCUT2D eigenvalue weighted by molar-refractivity contribution is -0.144. The van der Waals surface area contributed by atoms with Gasteiger partial charge in [0.25, 0.3) is 6.47 Å². The molecule has 0 aromatic carbocycles. The maximum Gasteiger partial charge on any atom is 0.305 e. The van der Waals surface area contributed by atoms with E-state index in [4.69, 9.17) is 4.74 Å². The van der Waals surface area contributed by atoms with E-state index in [2.05, 4.69) is 4.74 Å². The summed E-state index contributed by atoms with van der Waals surface area (Å²) in [7, 11) is 0. The van der Waals surface area contributed by atoms with Gasteiger partial charge in [-0.05, 0) is 19.3 Å². The van der Waals surface area contributed by atoms with Crippen LogP contribution in [0.25, 0.3) is 0 Å². The van der Waals surface area contributed by atoms with Gasteiger partial charge >= 0.3 is 5.97 Å². The predicted molar refractivity (Wildman–Crippen MR) is 51.7 cm³/mol. The fourth-order valence-corrected chi connectivity index (χ4v) is 0.915. The minimum absolute atomic E-state index is 0.136. The number of unbranched alkanes of at least 4 members (excludes halogenated alkanes) is 2. The normalized spacial score (nSPS) is 9.50. The molecule has 0 aliphatic carbocycles. The van der Waals surface area contributed by atoms with Gasteiger partial charge in [-0.3, -0.25) is 9.59 Å². The molecule has 4 nitrogen and oxygen atoms in total. The molecule has 0 spiro atoms. The Kier molecular flexibility index (Phi) is 9.26. The molecule has 4 heteroatoms. The smallest absolute Gasteiger partial charge is 0.305 e. The molecule has 0 amide bonds. The summed E-state index contributed by atoms with van der Waals surface area (Å²) < 4.78 is 9.43. The van der Waals surface area contributed by atoms with Gasteiger partial charge in [0, 0.05) is 6.42 Å². The first kappa shape index (κ1) is 12.9. The van der Waals surface area contributed by atoms with Crippen LogP contribution in [0, 0.1) is 0 Å². The summed E-state index contributed by atoms with van der Waals surface area (Å²) in [6.45, 7) is 3.28. The molecule has 0 heterocycles. The molecule has 0 saturated heterocycles. The molecule has 0 fully saturated rings. The van der Waals surface area contributed by atoms with Gasteiger partial charge in [0.15, 0.2) is 0 Å². The van der Waals surface area contributed by atoms with Gasteiger partial charge in [0.1, 0.15) is 0 Å². The van der Waals surface area contributed by atoms with E-state index in [1.807, 2.05) is 6.92 Å². The Morgan fingerprint density at radius 1 is 1.21 bits per heavy atom. The molecular weight excluding hydrogens is 184 g/mol. The van der Waals surface area contributed by atoms with Crippen LogP contribution < -0.4 is 0 Å². The average Bonchev–Trinajstić information content (AvgIpc) is 2.20. The molecule has 0 saturated carbocycles. The Morgan fingerprint density at radius 2 is 1.93 bits per heavy atom. The highest BCUT2D eigenvalue weighted by molar-refractivity contribution is 5.69. The number of esters is 1. The van der Waals surface area contributed by atoms with Crippen molar-refractivity contribution in [1.29, 1.82) is 0 Å². The van der Waals surface area contributed by atoms with Crippen LogP contribution in [0.4, 0.5) is 0 Å². The third-order valence-corrected chi connectivity index (χ3v) is 1.72. The second-order valence-corrected chi connectivity index (χ2v) is 3.00. The van der Waals surface area contributed by atoms with E-state index in [1.54, 1.807) is 0 Å². The summed E-state index contributed by atoms with van der Waals surface area (Å²) in [6, 6.07) is 0. The number of hydrogen-bond donors (Lipinski definition) is 0. The maximum atomic E-state index is 11.0. The number of rotatable bonds is 9. The Hall–Kier alpha value is -1.06. The molecule has 0 rings (SSSR count). The summed E-state index contributed by atoms with van der Waals surface area (Å²) in [5.74, 6) is -0.136. The fourth-order valence-electron chi connectivity index (χ4n) is 0.915. The molecule has 82 valence electrons. The van der Waals surface area contributed by atoms with E-state index in [9.17, 15) is 9.59 Å². The highest BCUT2D eigenvalue weighted by Gasteiger charge is 2.00. The van der Waals surface area contributed by atoms with E-state index in [-0.39, 0.29) is 5.97 Å². The van der Waals surface area contributed by atoms with Crippen LogP contribution in [0.5, 0.6) is 0 Å². The van der Waals surface area contributed by atoms with Crippen molar-refractivity contribution in [2.45, 2.75) is 39.0 Å². The fraction of sp³-hybridized carbons (Fsp3) is 0.800. The van der Waals surface area contributed by atoms with Gasteiger partial charge in [-0.25, -0.2) is 0 Å². The van der Waals surface area contributed by atoms with E-state index in [0.717, 1.165) is 25.7 Å². The largest absolute Gasteiger partial charge is 0.468 e. The summed E-state index contributed by atoms with van der Waals surface area (Å²) in [4.78, 5) is 20.7. The van der Waals surface area contributed by atoms with Crippen LogP contribution in [-0.2, 0) is 19.1 Å². The quantitative estimate of drug-likeness (QED) is 0.324. The lowest BCUT2D eigenvalue weighted by Gasteiger charge is -2.03. The minimum atomic E-state index is -0.136. The van der Waals surface area contributed by atoms with E-state index >= 15 is 0 Å². The van der Waals surface area contributed by atoms with Crippen molar-refractivity contribution in [3.8, 4) is 0 Å². The number of carbonyl (C=O) groups is 2. The van der Waals surface area contributed by atoms with Gasteiger partial charge in [-0.2, -0.15) is 0 Å². The SMILES string of the molecule is CCCCC(=O)OCCCCOC=O. The van der Waals surface area contributed by atoms with Gasteiger partial charge in [-0.1, -0.05) is 13.3 Å². The lowest BCUT2D eigenvalue weighted by Crippen LogP contribution is -2.06. The molecule has 0 aliphatic heterocycles. The second-order valence-electron chi connectivity index (χ2n) is 3.00. The van der Waals surface area contributed by atoms with Crippen molar-refractivity contribution in [3.05, 3.63) is 0 Å². The second kappa shape index (κ2) is 10.0. The molecule has 0 unspecified atom stereocenters. The summed E-state index contributed by atoms with van der Waals surface area (Å²) >= 11 is 0. The number of hydrogen-bond acceptors (Lipinski definition) is 4. The van der Waals surface area contributed by atoms with Crippen LogP contribution in [0.3, 0.4) is 0 Å². The Bertz CT molecular complexity index is 156. The van der Waals surface area contributed by atoms with Crippen molar-refractivity contribution >= 4 is 12.4 Å². The van der Waals surface area contributed by atoms with Crippen LogP contribution in [0.1, 0.15) is 39.0 Å². The first-order valence-corrected chi connectivity index (χ1v) is 5.02. The first-order valence-electron chi connectivity index (χ1n) is 5.02. The molecule has 0 atom stereocenters. The van der Waals surface area contributed by atoms with Crippen molar-refractivity contribution in [2.75, 3.05) is 13.2 Å². The van der Waals surface area contributed by atoms with Crippen molar-refractivity contribution < 1.29 is 19.1 Å². The zero-order chi connectivity index (χ0) is 10.6. The van der Waals surface area contributed by atoms with Gasteiger partial charge in [-0.15, -0.1) is 0 Å². The van der Waals surface area contributed by atoms with Crippen LogP contribution in [-0.4, -0.2) is 25.7 Å². The average molecular weight is 202 g/mol. The molecule has 0 aromatic heterocycles. The number of ether oxygens (including phenoxy) is 2. The van der Waals surface area contributed by atoms with Crippen molar-refractivity contribution in [1.82, 2.24) is 0 Å². The third kappa shape index (κ3) is 9.03. The number of carbonyl (C=O) groups excluding carboxylic acids is 2. The highest BCUT2D eigenvalue weighted by Crippen LogP contribution is 1.98. The summed E-state index contributed by atoms with van der Waals surface area (Å²) in [5, 5.41) is 0. The molecule has 0 radical (unpaired) electrons. The minimum Gasteiger partial charge on any atom is -0.468 e. The zero-order valence-electron chi connectivity index (χ0n) is 8.66. The first-order chi connectivity index (χ1) is 6.81. The van der Waals surface area contributed by atoms with Gasteiger partial charge in [0.2, 0.25) is 0 Å². The van der Waals surface area contributed by atoms with E-state index in [1.165, 1.54) is 0 Å². The topological polar surface area (TPSA) is 52.6 Å². The van der Waals surface area contributed by atoms with Gasteiger partial charge in [0.05, 0.1) is 13.2 Å². The van der Waals surface area contributed by atoms with E-state index in [0.29, 0.717) is 26.1 Å². The molecule has 0 N–H and O–H groups in total. The lowest BCUT2D eigenvalue weighted by atomic mass is 10.2. The van der Waals surface area contributed by atoms with Crippen LogP contribution in [0.2, 0.25) is 0 Å². The molecule has 0 bridgehead atoms. The van der Waals surface area contributed by atoms with Gasteiger partial charge < -0.3 is 9.47 Å². The molecule has 0 aromatic rings. The van der Waals surface area contributed by atoms with Crippen molar-refractivity contribution in [3.63, 3.8) is 0 Å². The summed E-state index contributed by atoms with van der Waals surface area (Å²) in [6.07, 6.45) is 3.86. The monoisotopic (exact) mass is 202 g/mol. The maximum absolute atomic E-state index is 11.0. The Labute approximate surface area is 84.6 Å².